The lowest BCUT2D eigenvalue weighted by Crippen LogP contribution is -2.44. The molecule has 44 heavy (non-hydrogen) atoms. The van der Waals surface area contributed by atoms with Crippen LogP contribution in [0.5, 0.6) is 5.88 Å². The third-order valence-electron chi connectivity index (χ3n) is 6.05. The molecule has 1 aromatic carbocycles. The van der Waals surface area contributed by atoms with Crippen LogP contribution in [-0.4, -0.2) is 44.9 Å². The van der Waals surface area contributed by atoms with Gasteiger partial charge in [0.05, 0.1) is 17.9 Å². The number of phosphoric acid groups is 1. The SMILES string of the molecule is CN[C@H](CCC(N)=O)C(=O)[O-].Nc1c(-c2cc(Cc3ccc(COc4ccccn4)cc3)no2)ccc[n+]1COP(=O)(O)O. The Morgan fingerprint density at radius 1 is 1.14 bits per heavy atom. The second kappa shape index (κ2) is 16.3. The van der Waals surface area contributed by atoms with Crippen molar-refractivity contribution in [2.75, 3.05) is 12.8 Å². The smallest absolute Gasteiger partial charge is 0.472 e. The van der Waals surface area contributed by atoms with E-state index in [4.69, 9.17) is 30.5 Å². The monoisotopic (exact) mass is 628 g/mol. The van der Waals surface area contributed by atoms with Crippen molar-refractivity contribution in [2.24, 2.45) is 5.73 Å². The zero-order valence-electron chi connectivity index (χ0n) is 23.7. The van der Waals surface area contributed by atoms with Crippen LogP contribution in [0.2, 0.25) is 0 Å². The maximum absolute atomic E-state index is 11.0. The molecule has 16 heteroatoms. The number of nitrogen functional groups attached to an aromatic ring is 1. The number of aromatic nitrogens is 3. The van der Waals surface area contributed by atoms with Crippen LogP contribution in [0.3, 0.4) is 0 Å². The first-order valence-corrected chi connectivity index (χ1v) is 14.7. The number of nitrogens with two attached hydrogens (primary N) is 2. The molecule has 3 aromatic heterocycles. The number of anilines is 1. The second-order valence-corrected chi connectivity index (χ2v) is 10.6. The van der Waals surface area contributed by atoms with Gasteiger partial charge in [-0.25, -0.2) is 18.6 Å². The number of nitrogens with zero attached hydrogens (tertiary/aromatic N) is 3. The Labute approximate surface area is 252 Å². The molecule has 4 aromatic rings. The van der Waals surface area contributed by atoms with Crippen LogP contribution in [0.1, 0.15) is 29.7 Å². The fourth-order valence-corrected chi connectivity index (χ4v) is 4.04. The van der Waals surface area contributed by atoms with Gasteiger partial charge in [0.2, 0.25) is 18.5 Å². The number of ether oxygens (including phenoxy) is 1. The van der Waals surface area contributed by atoms with Gasteiger partial charge in [0.15, 0.2) is 5.76 Å². The summed E-state index contributed by atoms with van der Waals surface area (Å²) in [5.41, 5.74) is 14.2. The van der Waals surface area contributed by atoms with Crippen molar-refractivity contribution in [3.8, 4) is 17.2 Å². The molecule has 0 saturated heterocycles. The number of amides is 1. The Kier molecular flexibility index (Phi) is 12.5. The van der Waals surface area contributed by atoms with E-state index >= 15 is 0 Å². The first-order valence-electron chi connectivity index (χ1n) is 13.2. The number of aliphatic carboxylic acids is 1. The molecule has 0 unspecified atom stereocenters. The van der Waals surface area contributed by atoms with Crippen LogP contribution in [0.15, 0.2) is 77.6 Å². The Balaban J connectivity index is 0.000000411. The molecule has 0 aliphatic rings. The van der Waals surface area contributed by atoms with Gasteiger partial charge >= 0.3 is 7.82 Å². The highest BCUT2D eigenvalue weighted by atomic mass is 31.2. The number of carboxylic acid groups (broad SMARTS) is 1. The summed E-state index contributed by atoms with van der Waals surface area (Å²) >= 11 is 0. The van der Waals surface area contributed by atoms with E-state index in [9.17, 15) is 19.3 Å². The van der Waals surface area contributed by atoms with Crippen molar-refractivity contribution in [1.82, 2.24) is 15.5 Å². The van der Waals surface area contributed by atoms with Gasteiger partial charge in [-0.05, 0) is 42.8 Å². The molecule has 3 heterocycles. The number of hydrogen-bond donors (Lipinski definition) is 5. The number of hydrogen-bond acceptors (Lipinski definition) is 11. The molecule has 1 atom stereocenters. The molecule has 7 N–H and O–H groups in total. The van der Waals surface area contributed by atoms with Crippen molar-refractivity contribution < 1.29 is 47.4 Å². The maximum Gasteiger partial charge on any atom is 0.472 e. The highest BCUT2D eigenvalue weighted by Gasteiger charge is 2.20. The summed E-state index contributed by atoms with van der Waals surface area (Å²) in [4.78, 5) is 42.4. The second-order valence-electron chi connectivity index (χ2n) is 9.32. The number of carbonyl (C=O) groups excluding carboxylic acids is 2. The minimum absolute atomic E-state index is 0.0550. The fraction of sp³-hybridized carbons (Fsp3) is 0.250. The van der Waals surface area contributed by atoms with Crippen molar-refractivity contribution in [2.45, 2.75) is 38.6 Å². The predicted octanol–water partition coefficient (Wildman–Crippen LogP) is 0.433. The number of benzene rings is 1. The zero-order chi connectivity index (χ0) is 32.1. The molecule has 0 bridgehead atoms. The van der Waals surface area contributed by atoms with Crippen LogP contribution in [0, 0.1) is 0 Å². The van der Waals surface area contributed by atoms with Crippen LogP contribution < -0.4 is 31.2 Å². The van der Waals surface area contributed by atoms with E-state index in [0.717, 1.165) is 11.1 Å². The number of rotatable bonds is 14. The number of carboxylic acids is 1. The quantitative estimate of drug-likeness (QED) is 0.0941. The standard InChI is InChI=1S/C22H21N4O6P.C6H12N2O3/c23-22-19(4-3-11-26(22)15-31-33(27,28)29)20-13-18(25-32-20)12-16-6-8-17(9-7-16)14-30-21-5-1-2-10-24-21;1-8-4(6(10)11)2-3-5(7)9/h1-11,13,23H,12,14-15H2,(H2,27,28,29);4,8H,2-3H2,1H3,(H2,7,9)(H,10,11)/t;4-/m.1/s1. The first-order chi connectivity index (χ1) is 20.9. The summed E-state index contributed by atoms with van der Waals surface area (Å²) in [5, 5.41) is 16.8. The van der Waals surface area contributed by atoms with Crippen LogP contribution in [0.4, 0.5) is 5.82 Å². The molecular weight excluding hydrogens is 595 g/mol. The van der Waals surface area contributed by atoms with Crippen LogP contribution in [-0.2, 0) is 38.4 Å². The van der Waals surface area contributed by atoms with Crippen molar-refractivity contribution >= 4 is 25.5 Å². The third-order valence-corrected chi connectivity index (χ3v) is 6.50. The van der Waals surface area contributed by atoms with E-state index in [-0.39, 0.29) is 18.7 Å². The summed E-state index contributed by atoms with van der Waals surface area (Å²) in [6.45, 7) is 0.0196. The number of phosphoric ester groups is 1. The molecule has 4 rings (SSSR count). The number of pyridine rings is 2. The number of carbonyl (C=O) groups is 2. The Bertz CT molecular complexity index is 1560. The molecule has 234 valence electrons. The summed E-state index contributed by atoms with van der Waals surface area (Å²) in [7, 11) is -3.13. The summed E-state index contributed by atoms with van der Waals surface area (Å²) in [5.74, 6) is -0.480. The largest absolute Gasteiger partial charge is 0.548 e. The first kappa shape index (κ1) is 33.8. The Morgan fingerprint density at radius 3 is 2.48 bits per heavy atom. The average molecular weight is 629 g/mol. The van der Waals surface area contributed by atoms with Crippen LogP contribution >= 0.6 is 7.82 Å². The Hall–Kier alpha value is -4.66. The highest BCUT2D eigenvalue weighted by Crippen LogP contribution is 2.35. The summed E-state index contributed by atoms with van der Waals surface area (Å²) in [6, 6.07) is 17.9. The minimum Gasteiger partial charge on any atom is -0.548 e. The van der Waals surface area contributed by atoms with Crippen molar-refractivity contribution in [1.29, 1.82) is 0 Å². The molecule has 1 amide bonds. The van der Waals surface area contributed by atoms with E-state index in [0.29, 0.717) is 35.9 Å². The lowest BCUT2D eigenvalue weighted by atomic mass is 10.1. The molecule has 0 radical (unpaired) electrons. The van der Waals surface area contributed by atoms with Gasteiger partial charge in [0.25, 0.3) is 5.82 Å². The lowest BCUT2D eigenvalue weighted by molar-refractivity contribution is -0.711. The third kappa shape index (κ3) is 11.2. The van der Waals surface area contributed by atoms with Crippen molar-refractivity contribution in [3.05, 3.63) is 89.9 Å². The summed E-state index contributed by atoms with van der Waals surface area (Å²) < 4.78 is 27.9. The van der Waals surface area contributed by atoms with Crippen LogP contribution in [0.25, 0.3) is 11.3 Å². The fourth-order valence-electron chi connectivity index (χ4n) is 3.76. The number of likely N-dealkylation sites (N-methyl/N-ethyl adjacent to an activating group) is 1. The predicted molar refractivity (Wildman–Crippen MR) is 154 cm³/mol. The molecule has 0 fully saturated rings. The van der Waals surface area contributed by atoms with E-state index in [2.05, 4.69) is 20.0 Å². The average Bonchev–Trinajstić information content (AvgIpc) is 3.45. The van der Waals surface area contributed by atoms with Gasteiger partial charge < -0.3 is 40.0 Å². The Morgan fingerprint density at radius 2 is 1.86 bits per heavy atom. The molecule has 0 saturated carbocycles. The van der Waals surface area contributed by atoms with Gasteiger partial charge in [0.1, 0.15) is 12.2 Å². The lowest BCUT2D eigenvalue weighted by Gasteiger charge is -2.15. The van der Waals surface area contributed by atoms with Gasteiger partial charge in [0, 0.05) is 37.2 Å². The van der Waals surface area contributed by atoms with Gasteiger partial charge in [-0.1, -0.05) is 35.5 Å². The molecule has 15 nitrogen and oxygen atoms in total. The van der Waals surface area contributed by atoms with Gasteiger partial charge in [-0.2, -0.15) is 0 Å². The summed E-state index contributed by atoms with van der Waals surface area (Å²) in [6.07, 6.45) is 4.01. The minimum atomic E-state index is -4.62. The normalized spacial score (nSPS) is 11.7. The molecular formula is C28H33N6O9P. The molecule has 0 aliphatic carbocycles. The van der Waals surface area contributed by atoms with E-state index in [1.165, 1.54) is 11.6 Å². The van der Waals surface area contributed by atoms with Crippen molar-refractivity contribution in [3.63, 3.8) is 0 Å². The van der Waals surface area contributed by atoms with E-state index in [1.54, 1.807) is 30.6 Å². The zero-order valence-corrected chi connectivity index (χ0v) is 24.6. The number of primary amides is 1. The maximum atomic E-state index is 11.0. The molecule has 0 aliphatic heterocycles. The topological polar surface area (TPSA) is 240 Å². The van der Waals surface area contributed by atoms with E-state index < -0.39 is 32.5 Å². The van der Waals surface area contributed by atoms with Gasteiger partial charge in [-0.15, -0.1) is 0 Å². The number of nitrogens with one attached hydrogen (secondary N) is 1. The molecule has 0 spiro atoms. The van der Waals surface area contributed by atoms with E-state index in [1.807, 2.05) is 42.5 Å². The highest BCUT2D eigenvalue weighted by molar-refractivity contribution is 7.46. The van der Waals surface area contributed by atoms with Gasteiger partial charge in [-0.3, -0.25) is 10.5 Å².